The number of hydrogen-bond acceptors (Lipinski definition) is 3. The Morgan fingerprint density at radius 1 is 1.24 bits per heavy atom. The van der Waals surface area contributed by atoms with Gasteiger partial charge in [0.05, 0.1) is 13.0 Å². The molecule has 5 heteroatoms. The molecule has 0 bridgehead atoms. The fourth-order valence-corrected chi connectivity index (χ4v) is 1.79. The van der Waals surface area contributed by atoms with E-state index in [0.717, 1.165) is 12.8 Å². The largest absolute Gasteiger partial charge is 0.481 e. The molecule has 0 spiro atoms. The highest BCUT2D eigenvalue weighted by Crippen LogP contribution is 2.11. The number of methoxy groups -OCH3 is 1. The molecular weight excluding hydrogens is 222 g/mol. The van der Waals surface area contributed by atoms with Gasteiger partial charge in [0.2, 0.25) is 5.91 Å². The predicted molar refractivity (Wildman–Crippen MR) is 64.8 cm³/mol. The summed E-state index contributed by atoms with van der Waals surface area (Å²) in [4.78, 5) is 24.1. The van der Waals surface area contributed by atoms with Crippen molar-refractivity contribution in [1.82, 2.24) is 4.90 Å². The number of carbonyl (C=O) groups excluding carboxylic acids is 1. The second-order valence-electron chi connectivity index (χ2n) is 3.94. The molecule has 0 fully saturated rings. The van der Waals surface area contributed by atoms with Crippen molar-refractivity contribution in [3.05, 3.63) is 0 Å². The van der Waals surface area contributed by atoms with E-state index in [9.17, 15) is 9.59 Å². The van der Waals surface area contributed by atoms with Crippen LogP contribution in [0.15, 0.2) is 0 Å². The molecule has 0 saturated heterocycles. The van der Waals surface area contributed by atoms with Crippen molar-refractivity contribution >= 4 is 11.9 Å². The molecule has 0 aliphatic carbocycles. The molecule has 0 aliphatic heterocycles. The first-order valence-electron chi connectivity index (χ1n) is 6.06. The van der Waals surface area contributed by atoms with Crippen LogP contribution in [-0.2, 0) is 14.3 Å². The van der Waals surface area contributed by atoms with Gasteiger partial charge in [-0.25, -0.2) is 0 Å². The topological polar surface area (TPSA) is 66.8 Å². The Morgan fingerprint density at radius 3 is 2.24 bits per heavy atom. The maximum absolute atomic E-state index is 11.9. The third-order valence-electron chi connectivity index (χ3n) is 2.79. The number of hydrogen-bond donors (Lipinski definition) is 1. The summed E-state index contributed by atoms with van der Waals surface area (Å²) in [6.45, 7) is 5.06. The lowest BCUT2D eigenvalue weighted by molar-refractivity contribution is -0.142. The molecule has 1 amide bonds. The average molecular weight is 245 g/mol. The second kappa shape index (κ2) is 8.98. The molecule has 100 valence electrons. The number of rotatable bonds is 9. The molecule has 0 radical (unpaired) electrons. The van der Waals surface area contributed by atoms with Crippen molar-refractivity contribution in [2.45, 2.75) is 45.6 Å². The third kappa shape index (κ3) is 6.26. The van der Waals surface area contributed by atoms with E-state index in [0.29, 0.717) is 13.2 Å². The molecule has 1 N–H and O–H groups in total. The smallest absolute Gasteiger partial charge is 0.303 e. The summed E-state index contributed by atoms with van der Waals surface area (Å²) in [6.07, 6.45) is 1.70. The van der Waals surface area contributed by atoms with Crippen LogP contribution < -0.4 is 0 Å². The lowest BCUT2D eigenvalue weighted by Gasteiger charge is -2.30. The van der Waals surface area contributed by atoms with Gasteiger partial charge < -0.3 is 14.7 Å². The molecule has 0 aromatic heterocycles. The Balaban J connectivity index is 4.42. The van der Waals surface area contributed by atoms with Crippen LogP contribution in [0.3, 0.4) is 0 Å². The van der Waals surface area contributed by atoms with Crippen molar-refractivity contribution in [2.75, 3.05) is 20.3 Å². The maximum Gasteiger partial charge on any atom is 0.303 e. The summed E-state index contributed by atoms with van der Waals surface area (Å²) in [6, 6.07) is 0.173. The van der Waals surface area contributed by atoms with Crippen molar-refractivity contribution in [3.8, 4) is 0 Å². The molecule has 0 unspecified atom stereocenters. The first kappa shape index (κ1) is 15.9. The molecular formula is C12H23NO4. The summed E-state index contributed by atoms with van der Waals surface area (Å²) >= 11 is 0. The predicted octanol–water partition coefficient (Wildman–Crippen LogP) is 1.51. The molecule has 0 saturated carbocycles. The zero-order valence-corrected chi connectivity index (χ0v) is 10.9. The number of ether oxygens (including phenoxy) is 1. The zero-order chi connectivity index (χ0) is 13.3. The Hall–Kier alpha value is -1.10. The van der Waals surface area contributed by atoms with Crippen molar-refractivity contribution in [3.63, 3.8) is 0 Å². The second-order valence-corrected chi connectivity index (χ2v) is 3.94. The molecule has 0 aliphatic rings. The van der Waals surface area contributed by atoms with Gasteiger partial charge in [0.15, 0.2) is 0 Å². The standard InChI is InChI=1S/C12H23NO4/c1-4-10(5-2)13(8-9-17-3)11(14)6-7-12(15)16/h10H,4-9H2,1-3H3,(H,15,16). The molecule has 0 atom stereocenters. The van der Waals surface area contributed by atoms with Gasteiger partial charge in [-0.15, -0.1) is 0 Å². The summed E-state index contributed by atoms with van der Waals surface area (Å²) in [5.74, 6) is -1.03. The average Bonchev–Trinajstić information content (AvgIpc) is 2.31. The highest BCUT2D eigenvalue weighted by molar-refractivity contribution is 5.81. The quantitative estimate of drug-likeness (QED) is 0.668. The number of carboxylic acid groups (broad SMARTS) is 1. The van der Waals surface area contributed by atoms with E-state index in [1.165, 1.54) is 0 Å². The maximum atomic E-state index is 11.9. The summed E-state index contributed by atoms with van der Waals surface area (Å²) in [5.41, 5.74) is 0. The van der Waals surface area contributed by atoms with Crippen LogP contribution in [-0.4, -0.2) is 48.2 Å². The number of carboxylic acids is 1. The van der Waals surface area contributed by atoms with Crippen LogP contribution in [0.25, 0.3) is 0 Å². The Morgan fingerprint density at radius 2 is 1.82 bits per heavy atom. The molecule has 17 heavy (non-hydrogen) atoms. The highest BCUT2D eigenvalue weighted by Gasteiger charge is 2.20. The van der Waals surface area contributed by atoms with E-state index in [-0.39, 0.29) is 24.8 Å². The van der Waals surface area contributed by atoms with E-state index in [1.807, 2.05) is 13.8 Å². The van der Waals surface area contributed by atoms with Crippen LogP contribution in [0.1, 0.15) is 39.5 Å². The van der Waals surface area contributed by atoms with E-state index in [2.05, 4.69) is 0 Å². The Kier molecular flexibility index (Phi) is 8.40. The van der Waals surface area contributed by atoms with Gasteiger partial charge in [0.1, 0.15) is 0 Å². The molecule has 0 aromatic carbocycles. The third-order valence-corrected chi connectivity index (χ3v) is 2.79. The number of carbonyl (C=O) groups is 2. The number of nitrogens with zero attached hydrogens (tertiary/aromatic N) is 1. The van der Waals surface area contributed by atoms with Gasteiger partial charge in [-0.3, -0.25) is 9.59 Å². The minimum atomic E-state index is -0.936. The lowest BCUT2D eigenvalue weighted by Crippen LogP contribution is -2.41. The van der Waals surface area contributed by atoms with Crippen LogP contribution in [0.5, 0.6) is 0 Å². The lowest BCUT2D eigenvalue weighted by atomic mass is 10.1. The molecule has 0 heterocycles. The first-order valence-corrected chi connectivity index (χ1v) is 6.06. The van der Waals surface area contributed by atoms with Gasteiger partial charge in [-0.05, 0) is 12.8 Å². The van der Waals surface area contributed by atoms with Crippen molar-refractivity contribution in [2.24, 2.45) is 0 Å². The SMILES string of the molecule is CCC(CC)N(CCOC)C(=O)CCC(=O)O. The normalized spacial score (nSPS) is 10.6. The van der Waals surface area contributed by atoms with E-state index in [4.69, 9.17) is 9.84 Å². The minimum absolute atomic E-state index is 0.0650. The number of amides is 1. The van der Waals surface area contributed by atoms with Crippen molar-refractivity contribution < 1.29 is 19.4 Å². The zero-order valence-electron chi connectivity index (χ0n) is 10.9. The molecule has 5 nitrogen and oxygen atoms in total. The van der Waals surface area contributed by atoms with Crippen LogP contribution in [0, 0.1) is 0 Å². The van der Waals surface area contributed by atoms with Crippen LogP contribution >= 0.6 is 0 Å². The fraction of sp³-hybridized carbons (Fsp3) is 0.833. The summed E-state index contributed by atoms with van der Waals surface area (Å²) in [5, 5.41) is 8.58. The van der Waals surface area contributed by atoms with E-state index >= 15 is 0 Å². The highest BCUT2D eigenvalue weighted by atomic mass is 16.5. The van der Waals surface area contributed by atoms with Gasteiger partial charge in [-0.2, -0.15) is 0 Å². The summed E-state index contributed by atoms with van der Waals surface area (Å²) < 4.78 is 4.98. The monoisotopic (exact) mass is 245 g/mol. The van der Waals surface area contributed by atoms with E-state index in [1.54, 1.807) is 12.0 Å². The summed E-state index contributed by atoms with van der Waals surface area (Å²) in [7, 11) is 1.59. The van der Waals surface area contributed by atoms with Gasteiger partial charge in [0, 0.05) is 26.1 Å². The van der Waals surface area contributed by atoms with Gasteiger partial charge >= 0.3 is 5.97 Å². The Labute approximate surface area is 103 Å². The molecule has 0 rings (SSSR count). The molecule has 0 aromatic rings. The van der Waals surface area contributed by atoms with Crippen molar-refractivity contribution in [1.29, 1.82) is 0 Å². The van der Waals surface area contributed by atoms with Crippen LogP contribution in [0.4, 0.5) is 0 Å². The first-order chi connectivity index (χ1) is 8.06. The van der Waals surface area contributed by atoms with Gasteiger partial charge in [-0.1, -0.05) is 13.8 Å². The fourth-order valence-electron chi connectivity index (χ4n) is 1.79. The Bertz CT molecular complexity index is 239. The van der Waals surface area contributed by atoms with Gasteiger partial charge in [0.25, 0.3) is 0 Å². The van der Waals surface area contributed by atoms with E-state index < -0.39 is 5.97 Å². The number of aliphatic carboxylic acids is 1. The minimum Gasteiger partial charge on any atom is -0.481 e. The van der Waals surface area contributed by atoms with Crippen LogP contribution in [0.2, 0.25) is 0 Å².